The summed E-state index contributed by atoms with van der Waals surface area (Å²) in [5.41, 5.74) is 0. The number of thiophene rings is 1. The van der Waals surface area contributed by atoms with Gasteiger partial charge in [-0.2, -0.15) is 0 Å². The molecule has 0 saturated heterocycles. The molecule has 0 amide bonds. The predicted octanol–water partition coefficient (Wildman–Crippen LogP) is 4.02. The van der Waals surface area contributed by atoms with E-state index in [1.807, 2.05) is 6.92 Å². The highest BCUT2D eigenvalue weighted by molar-refractivity contribution is 7.17. The van der Waals surface area contributed by atoms with Gasteiger partial charge in [0.2, 0.25) is 0 Å². The molecule has 0 unspecified atom stereocenters. The van der Waals surface area contributed by atoms with Crippen LogP contribution in [0.25, 0.3) is 0 Å². The first-order valence-corrected chi connectivity index (χ1v) is 4.18. The number of halogens is 3. The van der Waals surface area contributed by atoms with Crippen molar-refractivity contribution in [1.82, 2.24) is 0 Å². The van der Waals surface area contributed by atoms with E-state index >= 15 is 0 Å². The van der Waals surface area contributed by atoms with Crippen LogP contribution in [0.3, 0.4) is 0 Å². The van der Waals surface area contributed by atoms with Crippen LogP contribution in [-0.2, 0) is 0 Å². The average molecular weight is 202 g/mol. The van der Waals surface area contributed by atoms with Gasteiger partial charge >= 0.3 is 0 Å². The van der Waals surface area contributed by atoms with Crippen LogP contribution in [0.5, 0.6) is 0 Å². The fourth-order valence-corrected chi connectivity index (χ4v) is 2.19. The van der Waals surface area contributed by atoms with Gasteiger partial charge in [-0.15, -0.1) is 11.3 Å². The number of rotatable bonds is 0. The fourth-order valence-electron chi connectivity index (χ4n) is 0.465. The van der Waals surface area contributed by atoms with Crippen molar-refractivity contribution < 1.29 is 0 Å². The van der Waals surface area contributed by atoms with E-state index in [0.29, 0.717) is 14.4 Å². The van der Waals surface area contributed by atoms with Crippen LogP contribution in [0.1, 0.15) is 4.88 Å². The summed E-state index contributed by atoms with van der Waals surface area (Å²) >= 11 is 18.4. The molecule has 0 nitrogen and oxygen atoms in total. The molecule has 1 aromatic heterocycles. The molecule has 0 bridgehead atoms. The fraction of sp³-hybridized carbons (Fsp3) is 0.200. The first-order chi connectivity index (χ1) is 4.13. The van der Waals surface area contributed by atoms with Crippen LogP contribution in [0.4, 0.5) is 0 Å². The van der Waals surface area contributed by atoms with Gasteiger partial charge < -0.3 is 0 Å². The molecular formula is C5H3Cl3S. The molecule has 0 atom stereocenters. The Balaban J connectivity index is 3.29. The summed E-state index contributed by atoms with van der Waals surface area (Å²) in [4.78, 5) is 0.965. The normalized spacial score (nSPS) is 10.2. The smallest absolute Gasteiger partial charge is 0.113 e. The highest BCUT2D eigenvalue weighted by Gasteiger charge is 2.08. The second-order valence-corrected chi connectivity index (χ2v) is 4.14. The zero-order chi connectivity index (χ0) is 7.02. The summed E-state index contributed by atoms with van der Waals surface area (Å²) in [5.74, 6) is 0. The first-order valence-electron chi connectivity index (χ1n) is 2.23. The maximum absolute atomic E-state index is 5.69. The molecule has 50 valence electrons. The molecular weight excluding hydrogens is 198 g/mol. The number of hydrogen-bond donors (Lipinski definition) is 0. The van der Waals surface area contributed by atoms with Crippen LogP contribution in [0.2, 0.25) is 14.4 Å². The molecule has 0 aromatic carbocycles. The molecule has 0 saturated carbocycles. The molecule has 0 spiro atoms. The van der Waals surface area contributed by atoms with E-state index in [9.17, 15) is 0 Å². The van der Waals surface area contributed by atoms with E-state index < -0.39 is 0 Å². The summed E-state index contributed by atoms with van der Waals surface area (Å²) in [5, 5.41) is 1.05. The van der Waals surface area contributed by atoms with E-state index in [1.165, 1.54) is 11.3 Å². The van der Waals surface area contributed by atoms with Crippen LogP contribution in [-0.4, -0.2) is 0 Å². The van der Waals surface area contributed by atoms with Crippen molar-refractivity contribution in [3.05, 3.63) is 19.3 Å². The van der Waals surface area contributed by atoms with Gasteiger partial charge in [0.05, 0.1) is 10.0 Å². The summed E-state index contributed by atoms with van der Waals surface area (Å²) in [7, 11) is 0. The molecule has 0 aliphatic rings. The van der Waals surface area contributed by atoms with E-state index in [4.69, 9.17) is 34.8 Å². The molecule has 4 heteroatoms. The Morgan fingerprint density at radius 2 is 1.67 bits per heavy atom. The van der Waals surface area contributed by atoms with Gasteiger partial charge in [0.25, 0.3) is 0 Å². The monoisotopic (exact) mass is 200 g/mol. The third kappa shape index (κ3) is 1.35. The maximum atomic E-state index is 5.69. The van der Waals surface area contributed by atoms with Gasteiger partial charge in [0.15, 0.2) is 0 Å². The largest absolute Gasteiger partial charge is 0.126 e. The lowest BCUT2D eigenvalue weighted by Crippen LogP contribution is -1.57. The SMILES string of the molecule is Cc1sc(Cl)c(Cl)c1Cl. The maximum Gasteiger partial charge on any atom is 0.113 e. The molecule has 1 aromatic rings. The zero-order valence-electron chi connectivity index (χ0n) is 4.54. The summed E-state index contributed by atoms with van der Waals surface area (Å²) < 4.78 is 0.569. The lowest BCUT2D eigenvalue weighted by molar-refractivity contribution is 1.64. The Hall–Kier alpha value is 0.570. The van der Waals surface area contributed by atoms with Gasteiger partial charge in [-0.05, 0) is 6.92 Å². The van der Waals surface area contributed by atoms with Crippen LogP contribution in [0, 0.1) is 6.92 Å². The van der Waals surface area contributed by atoms with Crippen LogP contribution >= 0.6 is 46.1 Å². The zero-order valence-corrected chi connectivity index (χ0v) is 7.63. The molecule has 0 fully saturated rings. The minimum Gasteiger partial charge on any atom is -0.126 e. The molecule has 0 aliphatic carbocycles. The molecule has 0 aliphatic heterocycles. The van der Waals surface area contributed by atoms with Crippen LogP contribution < -0.4 is 0 Å². The second-order valence-electron chi connectivity index (χ2n) is 1.56. The van der Waals surface area contributed by atoms with E-state index in [-0.39, 0.29) is 0 Å². The third-order valence-corrected chi connectivity index (χ3v) is 3.50. The number of hydrogen-bond acceptors (Lipinski definition) is 1. The van der Waals surface area contributed by atoms with Gasteiger partial charge in [-0.1, -0.05) is 34.8 Å². The lowest BCUT2D eigenvalue weighted by atomic mass is 10.5. The molecule has 0 radical (unpaired) electrons. The topological polar surface area (TPSA) is 0 Å². The molecule has 0 N–H and O–H groups in total. The lowest BCUT2D eigenvalue weighted by Gasteiger charge is -1.82. The Bertz CT molecular complexity index is 206. The quantitative estimate of drug-likeness (QED) is 0.595. The van der Waals surface area contributed by atoms with E-state index in [2.05, 4.69) is 0 Å². The van der Waals surface area contributed by atoms with Crippen molar-refractivity contribution in [3.8, 4) is 0 Å². The standard InChI is InChI=1S/C5H3Cl3S/c1-2-3(6)4(7)5(8)9-2/h1H3. The van der Waals surface area contributed by atoms with Crippen LogP contribution in [0.15, 0.2) is 0 Å². The first kappa shape index (κ1) is 7.67. The van der Waals surface area contributed by atoms with Gasteiger partial charge in [0.1, 0.15) is 4.34 Å². The Kier molecular flexibility index (Phi) is 2.27. The summed E-state index contributed by atoms with van der Waals surface area (Å²) in [6.45, 7) is 1.88. The van der Waals surface area contributed by atoms with Gasteiger partial charge in [-0.25, -0.2) is 0 Å². The third-order valence-electron chi connectivity index (χ3n) is 0.917. The highest BCUT2D eigenvalue weighted by Crippen LogP contribution is 2.39. The number of aryl methyl sites for hydroxylation is 1. The highest BCUT2D eigenvalue weighted by atomic mass is 35.5. The summed E-state index contributed by atoms with van der Waals surface area (Å²) in [6.07, 6.45) is 0. The van der Waals surface area contributed by atoms with Crippen molar-refractivity contribution in [2.45, 2.75) is 6.92 Å². The molecule has 1 rings (SSSR count). The van der Waals surface area contributed by atoms with Crippen molar-refractivity contribution in [1.29, 1.82) is 0 Å². The minimum absolute atomic E-state index is 0.473. The Morgan fingerprint density at radius 1 is 1.11 bits per heavy atom. The average Bonchev–Trinajstić information content (AvgIpc) is 1.98. The van der Waals surface area contributed by atoms with Crippen molar-refractivity contribution >= 4 is 46.1 Å². The van der Waals surface area contributed by atoms with Gasteiger partial charge in [0, 0.05) is 4.88 Å². The van der Waals surface area contributed by atoms with E-state index in [0.717, 1.165) is 4.88 Å². The molecule has 1 heterocycles. The molecule has 9 heavy (non-hydrogen) atoms. The van der Waals surface area contributed by atoms with E-state index in [1.54, 1.807) is 0 Å². The Morgan fingerprint density at radius 3 is 1.78 bits per heavy atom. The van der Waals surface area contributed by atoms with Crippen molar-refractivity contribution in [3.63, 3.8) is 0 Å². The van der Waals surface area contributed by atoms with Crippen molar-refractivity contribution in [2.75, 3.05) is 0 Å². The second kappa shape index (κ2) is 2.67. The van der Waals surface area contributed by atoms with Crippen molar-refractivity contribution in [2.24, 2.45) is 0 Å². The minimum atomic E-state index is 0.473. The summed E-state index contributed by atoms with van der Waals surface area (Å²) in [6, 6.07) is 0. The van der Waals surface area contributed by atoms with Gasteiger partial charge in [-0.3, -0.25) is 0 Å². The Labute approximate surface area is 72.3 Å². The predicted molar refractivity (Wildman–Crippen MR) is 44.1 cm³/mol.